The normalized spacial score (nSPS) is 17.1. The number of nitrogens with one attached hydrogen (secondary N) is 1. The van der Waals surface area contributed by atoms with Gasteiger partial charge >= 0.3 is 0 Å². The number of allylic oxidation sites excluding steroid dienone is 1. The Balaban J connectivity index is 1.73. The van der Waals surface area contributed by atoms with E-state index in [2.05, 4.69) is 56.7 Å². The minimum absolute atomic E-state index is 0.223. The van der Waals surface area contributed by atoms with Crippen molar-refractivity contribution in [2.24, 2.45) is 10.8 Å². The van der Waals surface area contributed by atoms with Crippen LogP contribution in [0.3, 0.4) is 0 Å². The maximum Gasteiger partial charge on any atom is 0.229 e. The van der Waals surface area contributed by atoms with Gasteiger partial charge in [-0.25, -0.2) is 8.42 Å². The van der Waals surface area contributed by atoms with Crippen molar-refractivity contribution >= 4 is 21.3 Å². The first-order valence-electron chi connectivity index (χ1n) is 12.0. The van der Waals surface area contributed by atoms with Gasteiger partial charge in [0.1, 0.15) is 5.75 Å². The van der Waals surface area contributed by atoms with Crippen LogP contribution in [0.2, 0.25) is 0 Å². The number of phenols is 1. The Hall–Kier alpha value is -3.05. The molecule has 3 aromatic carbocycles. The highest BCUT2D eigenvalue weighted by Crippen LogP contribution is 2.51. The van der Waals surface area contributed by atoms with Crippen LogP contribution in [0.15, 0.2) is 78.4 Å². The third-order valence-electron chi connectivity index (χ3n) is 6.55. The van der Waals surface area contributed by atoms with Gasteiger partial charge in [-0.1, -0.05) is 81.8 Å². The number of anilines is 1. The van der Waals surface area contributed by atoms with Gasteiger partial charge < -0.3 is 5.11 Å². The molecule has 2 N–H and O–H groups in total. The average Bonchev–Trinajstić information content (AvgIpc) is 2.73. The summed E-state index contributed by atoms with van der Waals surface area (Å²) in [7, 11) is -3.30. The standard InChI is InChI=1S/C30H35NO3S/c1-29(2)18-25(19-30(3,4)20-29)28(24-12-16-27(32)17-13-24)23-8-6-21(7-9-23)22-10-14-26(15-11-22)31-35(5,33)34/h6-17,31-32H,18-20H2,1-5H3. The molecule has 3 aromatic rings. The van der Waals surface area contributed by atoms with Crippen molar-refractivity contribution in [3.8, 4) is 16.9 Å². The number of phenolic OH excluding ortho intramolecular Hbond substituents is 1. The van der Waals surface area contributed by atoms with E-state index in [-0.39, 0.29) is 16.6 Å². The highest BCUT2D eigenvalue weighted by Gasteiger charge is 2.37. The topological polar surface area (TPSA) is 66.4 Å². The largest absolute Gasteiger partial charge is 0.508 e. The molecule has 0 spiro atoms. The minimum atomic E-state index is -3.30. The van der Waals surface area contributed by atoms with Gasteiger partial charge in [-0.3, -0.25) is 4.72 Å². The molecule has 0 amide bonds. The quantitative estimate of drug-likeness (QED) is 0.391. The molecule has 1 saturated carbocycles. The fraction of sp³-hybridized carbons (Fsp3) is 0.333. The molecule has 35 heavy (non-hydrogen) atoms. The van der Waals surface area contributed by atoms with Gasteiger partial charge in [-0.05, 0) is 82.2 Å². The van der Waals surface area contributed by atoms with Gasteiger partial charge in [0.05, 0.1) is 6.26 Å². The summed E-state index contributed by atoms with van der Waals surface area (Å²) in [5.74, 6) is 0.270. The predicted molar refractivity (Wildman–Crippen MR) is 146 cm³/mol. The second kappa shape index (κ2) is 9.19. The second-order valence-electron chi connectivity index (χ2n) is 11.4. The Labute approximate surface area is 209 Å². The van der Waals surface area contributed by atoms with E-state index in [1.807, 2.05) is 24.3 Å². The van der Waals surface area contributed by atoms with Crippen LogP contribution in [-0.2, 0) is 10.0 Å². The molecule has 4 rings (SSSR count). The van der Waals surface area contributed by atoms with Crippen LogP contribution in [0.5, 0.6) is 5.75 Å². The molecule has 0 unspecified atom stereocenters. The van der Waals surface area contributed by atoms with Crippen LogP contribution in [0.4, 0.5) is 5.69 Å². The molecule has 0 saturated heterocycles. The Morgan fingerprint density at radius 2 is 1.17 bits per heavy atom. The molecular formula is C30H35NO3S. The Morgan fingerprint density at radius 1 is 0.743 bits per heavy atom. The van der Waals surface area contributed by atoms with E-state index >= 15 is 0 Å². The summed E-state index contributed by atoms with van der Waals surface area (Å²) in [6.45, 7) is 9.42. The lowest BCUT2D eigenvalue weighted by Crippen LogP contribution is -2.30. The number of benzene rings is 3. The van der Waals surface area contributed by atoms with Crippen molar-refractivity contribution < 1.29 is 13.5 Å². The third kappa shape index (κ3) is 6.34. The maximum absolute atomic E-state index is 11.5. The molecule has 0 bridgehead atoms. The lowest BCUT2D eigenvalue weighted by Gasteiger charge is -2.43. The lowest BCUT2D eigenvalue weighted by molar-refractivity contribution is 0.154. The monoisotopic (exact) mass is 489 g/mol. The highest BCUT2D eigenvalue weighted by atomic mass is 32.2. The molecule has 184 valence electrons. The summed E-state index contributed by atoms with van der Waals surface area (Å²) in [4.78, 5) is 0. The van der Waals surface area contributed by atoms with Gasteiger partial charge in [0.2, 0.25) is 10.0 Å². The van der Waals surface area contributed by atoms with Crippen molar-refractivity contribution in [1.29, 1.82) is 0 Å². The first-order chi connectivity index (χ1) is 16.3. The predicted octanol–water partition coefficient (Wildman–Crippen LogP) is 7.47. The first-order valence-corrected chi connectivity index (χ1v) is 13.9. The Bertz CT molecular complexity index is 1310. The van der Waals surface area contributed by atoms with Crippen molar-refractivity contribution in [1.82, 2.24) is 0 Å². The Morgan fingerprint density at radius 3 is 1.63 bits per heavy atom. The summed E-state index contributed by atoms with van der Waals surface area (Å²) in [6, 6.07) is 23.5. The zero-order chi connectivity index (χ0) is 25.4. The molecule has 0 aromatic heterocycles. The van der Waals surface area contributed by atoms with Crippen LogP contribution >= 0.6 is 0 Å². The molecular weight excluding hydrogens is 454 g/mol. The number of sulfonamides is 1. The third-order valence-corrected chi connectivity index (χ3v) is 7.15. The van der Waals surface area contributed by atoms with Crippen LogP contribution in [0, 0.1) is 10.8 Å². The van der Waals surface area contributed by atoms with E-state index in [0.29, 0.717) is 5.69 Å². The number of aromatic hydroxyl groups is 1. The maximum atomic E-state index is 11.5. The first kappa shape index (κ1) is 25.1. The summed E-state index contributed by atoms with van der Waals surface area (Å²) >= 11 is 0. The zero-order valence-electron chi connectivity index (χ0n) is 21.2. The number of hydrogen-bond donors (Lipinski definition) is 2. The van der Waals surface area contributed by atoms with Crippen molar-refractivity contribution in [3.05, 3.63) is 89.5 Å². The van der Waals surface area contributed by atoms with Gasteiger partial charge in [0.25, 0.3) is 0 Å². The molecule has 5 heteroatoms. The minimum Gasteiger partial charge on any atom is -0.508 e. The van der Waals surface area contributed by atoms with Crippen molar-refractivity contribution in [2.45, 2.75) is 47.0 Å². The van der Waals surface area contributed by atoms with Gasteiger partial charge in [-0.15, -0.1) is 0 Å². The Kier molecular flexibility index (Phi) is 6.58. The van der Waals surface area contributed by atoms with E-state index in [1.54, 1.807) is 24.3 Å². The van der Waals surface area contributed by atoms with E-state index in [4.69, 9.17) is 0 Å². The van der Waals surface area contributed by atoms with Gasteiger partial charge in [-0.2, -0.15) is 0 Å². The van der Waals surface area contributed by atoms with Crippen LogP contribution < -0.4 is 4.72 Å². The van der Waals surface area contributed by atoms with Gasteiger partial charge in [0.15, 0.2) is 0 Å². The summed E-state index contributed by atoms with van der Waals surface area (Å²) in [6.07, 6.45) is 4.43. The van der Waals surface area contributed by atoms with E-state index in [9.17, 15) is 13.5 Å². The van der Waals surface area contributed by atoms with Crippen LogP contribution in [0.25, 0.3) is 16.7 Å². The van der Waals surface area contributed by atoms with Crippen LogP contribution in [0.1, 0.15) is 58.1 Å². The van der Waals surface area contributed by atoms with E-state index < -0.39 is 10.0 Å². The second-order valence-corrected chi connectivity index (χ2v) is 13.2. The SMILES string of the molecule is CC1(C)CC(=C(c2ccc(O)cc2)c2ccc(-c3ccc(NS(C)(=O)=O)cc3)cc2)CC(C)(C)C1. The molecule has 0 aliphatic heterocycles. The fourth-order valence-corrected chi connectivity index (χ4v) is 6.36. The molecule has 0 heterocycles. The highest BCUT2D eigenvalue weighted by molar-refractivity contribution is 7.92. The molecule has 1 aliphatic carbocycles. The summed E-state index contributed by atoms with van der Waals surface area (Å²) in [5.41, 5.74) is 8.09. The summed E-state index contributed by atoms with van der Waals surface area (Å²) in [5, 5.41) is 9.88. The van der Waals surface area contributed by atoms with E-state index in [1.165, 1.54) is 23.1 Å². The fourth-order valence-electron chi connectivity index (χ4n) is 5.79. The zero-order valence-corrected chi connectivity index (χ0v) is 22.0. The number of rotatable bonds is 5. The number of hydrogen-bond acceptors (Lipinski definition) is 3. The molecule has 1 fully saturated rings. The molecule has 1 aliphatic rings. The lowest BCUT2D eigenvalue weighted by atomic mass is 9.62. The van der Waals surface area contributed by atoms with Crippen molar-refractivity contribution in [2.75, 3.05) is 11.0 Å². The molecule has 0 atom stereocenters. The van der Waals surface area contributed by atoms with E-state index in [0.717, 1.165) is 35.8 Å². The van der Waals surface area contributed by atoms with Crippen LogP contribution in [-0.4, -0.2) is 19.8 Å². The molecule has 4 nitrogen and oxygen atoms in total. The summed E-state index contributed by atoms with van der Waals surface area (Å²) < 4.78 is 25.5. The average molecular weight is 490 g/mol. The smallest absolute Gasteiger partial charge is 0.229 e. The van der Waals surface area contributed by atoms with Crippen molar-refractivity contribution in [3.63, 3.8) is 0 Å². The molecule has 0 radical (unpaired) electrons. The van der Waals surface area contributed by atoms with Gasteiger partial charge in [0, 0.05) is 5.69 Å².